The van der Waals surface area contributed by atoms with Gasteiger partial charge in [0.1, 0.15) is 17.3 Å². The van der Waals surface area contributed by atoms with Crippen LogP contribution >= 0.6 is 0 Å². The predicted molar refractivity (Wildman–Crippen MR) is 113 cm³/mol. The molecule has 1 aromatic carbocycles. The van der Waals surface area contributed by atoms with Crippen LogP contribution in [0, 0.1) is 12.7 Å². The minimum atomic E-state index is -3.26. The van der Waals surface area contributed by atoms with Crippen LogP contribution in [-0.4, -0.2) is 43.1 Å². The second-order valence-electron chi connectivity index (χ2n) is 7.49. The monoisotopic (exact) mass is 432 g/mol. The molecule has 0 bridgehead atoms. The Morgan fingerprint density at radius 2 is 2.10 bits per heavy atom. The average Bonchev–Trinajstić information content (AvgIpc) is 3.17. The van der Waals surface area contributed by atoms with Gasteiger partial charge in [0.2, 0.25) is 0 Å². The molecule has 3 rings (SSSR count). The standard InChI is InChI=1S/C21H25FN4O3S/c1-14(9-11-30(3,28)29)25-21(27)18-12-24-20(13-23-18)26-10-5-8-19(26)16-6-4-7-17(22)15(16)2/h4,6-7,9,11-14,19H,5,8,10H2,1-3H3,(H,25,27)/b11-9+/t14-,19?/m1/s1. The lowest BCUT2D eigenvalue weighted by Gasteiger charge is -2.27. The molecule has 1 N–H and O–H groups in total. The van der Waals surface area contributed by atoms with Gasteiger partial charge in [-0.2, -0.15) is 0 Å². The van der Waals surface area contributed by atoms with Crippen LogP contribution in [-0.2, 0) is 9.84 Å². The molecule has 7 nitrogen and oxygen atoms in total. The van der Waals surface area contributed by atoms with Gasteiger partial charge in [0.15, 0.2) is 9.84 Å². The molecule has 0 radical (unpaired) electrons. The van der Waals surface area contributed by atoms with E-state index in [0.717, 1.165) is 36.6 Å². The lowest BCUT2D eigenvalue weighted by Crippen LogP contribution is -2.32. The molecule has 1 amide bonds. The van der Waals surface area contributed by atoms with Gasteiger partial charge in [-0.05, 0) is 43.9 Å². The summed E-state index contributed by atoms with van der Waals surface area (Å²) < 4.78 is 36.4. The molecule has 0 saturated carbocycles. The maximum atomic E-state index is 14.0. The van der Waals surface area contributed by atoms with E-state index in [1.165, 1.54) is 18.3 Å². The summed E-state index contributed by atoms with van der Waals surface area (Å²) in [6, 6.07) is 4.63. The highest BCUT2D eigenvalue weighted by atomic mass is 32.2. The Kier molecular flexibility index (Phi) is 6.50. The minimum absolute atomic E-state index is 0.0100. The largest absolute Gasteiger partial charge is 0.348 e. The average molecular weight is 433 g/mol. The number of benzene rings is 1. The van der Waals surface area contributed by atoms with E-state index < -0.39 is 21.8 Å². The van der Waals surface area contributed by atoms with E-state index in [9.17, 15) is 17.6 Å². The molecular weight excluding hydrogens is 407 g/mol. The first-order chi connectivity index (χ1) is 14.2. The Labute approximate surface area is 176 Å². The summed E-state index contributed by atoms with van der Waals surface area (Å²) in [4.78, 5) is 23.0. The van der Waals surface area contributed by atoms with Crippen molar-refractivity contribution in [3.63, 3.8) is 0 Å². The van der Waals surface area contributed by atoms with Crippen LogP contribution in [0.1, 0.15) is 47.4 Å². The molecule has 0 aliphatic carbocycles. The number of amides is 1. The zero-order valence-corrected chi connectivity index (χ0v) is 18.0. The molecule has 30 heavy (non-hydrogen) atoms. The summed E-state index contributed by atoms with van der Waals surface area (Å²) in [5.74, 6) is -0.0436. The second-order valence-corrected chi connectivity index (χ2v) is 9.42. The lowest BCUT2D eigenvalue weighted by atomic mass is 9.99. The topological polar surface area (TPSA) is 92.3 Å². The van der Waals surface area contributed by atoms with Crippen molar-refractivity contribution in [3.8, 4) is 0 Å². The number of rotatable bonds is 6. The van der Waals surface area contributed by atoms with Crippen LogP contribution in [0.25, 0.3) is 0 Å². The summed E-state index contributed by atoms with van der Waals surface area (Å²) in [6.45, 7) is 4.21. The Bertz CT molecular complexity index is 1050. The number of aromatic nitrogens is 2. The maximum absolute atomic E-state index is 14.0. The van der Waals surface area contributed by atoms with Crippen molar-refractivity contribution in [1.29, 1.82) is 0 Å². The van der Waals surface area contributed by atoms with Gasteiger partial charge in [-0.15, -0.1) is 0 Å². The zero-order chi connectivity index (χ0) is 21.9. The van der Waals surface area contributed by atoms with Crippen molar-refractivity contribution in [3.05, 3.63) is 64.7 Å². The van der Waals surface area contributed by atoms with Crippen molar-refractivity contribution in [2.45, 2.75) is 38.8 Å². The molecule has 1 aliphatic heterocycles. The number of anilines is 1. The van der Waals surface area contributed by atoms with Crippen LogP contribution in [0.15, 0.2) is 42.1 Å². The van der Waals surface area contributed by atoms with Gasteiger partial charge in [-0.25, -0.2) is 22.8 Å². The third-order valence-electron chi connectivity index (χ3n) is 5.06. The van der Waals surface area contributed by atoms with E-state index >= 15 is 0 Å². The third kappa shape index (κ3) is 5.21. The Morgan fingerprint density at radius 3 is 2.77 bits per heavy atom. The van der Waals surface area contributed by atoms with Crippen LogP contribution in [0.4, 0.5) is 10.2 Å². The van der Waals surface area contributed by atoms with Crippen molar-refractivity contribution in [2.24, 2.45) is 0 Å². The normalized spacial score (nSPS) is 18.0. The molecule has 1 aromatic heterocycles. The number of nitrogens with one attached hydrogen (secondary N) is 1. The summed E-state index contributed by atoms with van der Waals surface area (Å²) in [6.07, 6.45) is 7.25. The Hall–Kier alpha value is -2.81. The van der Waals surface area contributed by atoms with E-state index in [-0.39, 0.29) is 17.6 Å². The molecule has 1 unspecified atom stereocenters. The van der Waals surface area contributed by atoms with Gasteiger partial charge in [-0.3, -0.25) is 4.79 Å². The van der Waals surface area contributed by atoms with Gasteiger partial charge in [0, 0.05) is 24.3 Å². The molecular formula is C21H25FN4O3S. The number of nitrogens with zero attached hydrogens (tertiary/aromatic N) is 3. The summed E-state index contributed by atoms with van der Waals surface area (Å²) in [7, 11) is -3.26. The van der Waals surface area contributed by atoms with E-state index in [1.54, 1.807) is 26.1 Å². The molecule has 2 aromatic rings. The first-order valence-electron chi connectivity index (χ1n) is 9.68. The van der Waals surface area contributed by atoms with Crippen LogP contribution in [0.5, 0.6) is 0 Å². The molecule has 2 heterocycles. The molecule has 9 heteroatoms. The van der Waals surface area contributed by atoms with Crippen molar-refractivity contribution in [1.82, 2.24) is 15.3 Å². The first kappa shape index (κ1) is 21.9. The minimum Gasteiger partial charge on any atom is -0.348 e. The molecule has 160 valence electrons. The highest BCUT2D eigenvalue weighted by Gasteiger charge is 2.29. The molecule has 1 saturated heterocycles. The summed E-state index contributed by atoms with van der Waals surface area (Å²) in [5, 5.41) is 3.71. The highest BCUT2D eigenvalue weighted by Crippen LogP contribution is 2.36. The number of carbonyl (C=O) groups is 1. The van der Waals surface area contributed by atoms with Gasteiger partial charge in [0.25, 0.3) is 5.91 Å². The number of carbonyl (C=O) groups excluding carboxylic acids is 1. The van der Waals surface area contributed by atoms with Gasteiger partial charge < -0.3 is 10.2 Å². The van der Waals surface area contributed by atoms with Crippen molar-refractivity contribution >= 4 is 21.6 Å². The van der Waals surface area contributed by atoms with E-state index in [1.807, 2.05) is 6.07 Å². The van der Waals surface area contributed by atoms with E-state index in [4.69, 9.17) is 0 Å². The highest BCUT2D eigenvalue weighted by molar-refractivity contribution is 7.93. The third-order valence-corrected chi connectivity index (χ3v) is 5.71. The fraction of sp³-hybridized carbons (Fsp3) is 0.381. The number of sulfone groups is 1. The van der Waals surface area contributed by atoms with Gasteiger partial charge >= 0.3 is 0 Å². The fourth-order valence-corrected chi connectivity index (χ4v) is 4.05. The van der Waals surface area contributed by atoms with E-state index in [2.05, 4.69) is 20.2 Å². The van der Waals surface area contributed by atoms with Crippen molar-refractivity contribution < 1.29 is 17.6 Å². The van der Waals surface area contributed by atoms with Gasteiger partial charge in [0.05, 0.1) is 18.4 Å². The quantitative estimate of drug-likeness (QED) is 0.755. The summed E-state index contributed by atoms with van der Waals surface area (Å²) in [5.41, 5.74) is 1.70. The SMILES string of the molecule is Cc1c(F)cccc1C1CCCN1c1cnc(C(=O)N[C@H](C)/C=C/S(C)(=O)=O)cn1. The maximum Gasteiger partial charge on any atom is 0.271 e. The number of halogens is 1. The molecule has 1 fully saturated rings. The second kappa shape index (κ2) is 8.91. The summed E-state index contributed by atoms with van der Waals surface area (Å²) >= 11 is 0. The van der Waals surface area contributed by atoms with Crippen LogP contribution in [0.2, 0.25) is 0 Å². The van der Waals surface area contributed by atoms with Crippen LogP contribution < -0.4 is 10.2 Å². The van der Waals surface area contributed by atoms with Crippen molar-refractivity contribution in [2.75, 3.05) is 17.7 Å². The predicted octanol–water partition coefficient (Wildman–Crippen LogP) is 2.94. The van der Waals surface area contributed by atoms with Gasteiger partial charge in [-0.1, -0.05) is 18.2 Å². The Balaban J connectivity index is 1.72. The number of hydrogen-bond acceptors (Lipinski definition) is 6. The molecule has 0 spiro atoms. The first-order valence-corrected chi connectivity index (χ1v) is 11.6. The van der Waals surface area contributed by atoms with E-state index in [0.29, 0.717) is 11.4 Å². The Morgan fingerprint density at radius 1 is 1.33 bits per heavy atom. The number of hydrogen-bond donors (Lipinski definition) is 1. The lowest BCUT2D eigenvalue weighted by molar-refractivity contribution is 0.0941. The molecule has 1 aliphatic rings. The smallest absolute Gasteiger partial charge is 0.271 e. The molecule has 2 atom stereocenters. The zero-order valence-electron chi connectivity index (χ0n) is 17.2. The fourth-order valence-electron chi connectivity index (χ4n) is 3.53. The van der Waals surface area contributed by atoms with Crippen LogP contribution in [0.3, 0.4) is 0 Å².